The molecule has 0 spiro atoms. The summed E-state index contributed by atoms with van der Waals surface area (Å²) in [5.74, 6) is 0.436. The van der Waals surface area contributed by atoms with Crippen molar-refractivity contribution in [1.82, 2.24) is 4.90 Å². The van der Waals surface area contributed by atoms with Crippen molar-refractivity contribution < 1.29 is 4.74 Å². The van der Waals surface area contributed by atoms with E-state index in [0.29, 0.717) is 18.6 Å². The predicted octanol–water partition coefficient (Wildman–Crippen LogP) is 2.61. The van der Waals surface area contributed by atoms with Crippen molar-refractivity contribution >= 4 is 0 Å². The Hall–Kier alpha value is -0.900. The molecular formula is C16H28N2O. The van der Waals surface area contributed by atoms with Crippen LogP contribution in [-0.4, -0.2) is 37.7 Å². The highest BCUT2D eigenvalue weighted by molar-refractivity contribution is 5.25. The third kappa shape index (κ3) is 6.19. The second-order valence-corrected chi connectivity index (χ2v) is 5.54. The fourth-order valence-corrected chi connectivity index (χ4v) is 1.92. The smallest absolute Gasteiger partial charge is 0.0596 e. The first-order chi connectivity index (χ1) is 9.02. The minimum atomic E-state index is 0.311. The molecule has 0 bridgehead atoms. The zero-order valence-electron chi connectivity index (χ0n) is 12.7. The van der Waals surface area contributed by atoms with Crippen LogP contribution in [0.2, 0.25) is 0 Å². The number of hydrogen-bond donors (Lipinski definition) is 1. The zero-order valence-corrected chi connectivity index (χ0v) is 12.7. The first-order valence-electron chi connectivity index (χ1n) is 7.12. The third-order valence-corrected chi connectivity index (χ3v) is 3.28. The standard InChI is InChI=1S/C16H28N2O/c1-13(2)19-10-9-18(4)12-15-5-7-16(8-6-15)14(3)11-17/h5-8,13-14H,9-12,17H2,1-4H3. The summed E-state index contributed by atoms with van der Waals surface area (Å²) in [5.41, 5.74) is 8.33. The van der Waals surface area contributed by atoms with Crippen LogP contribution in [-0.2, 0) is 11.3 Å². The molecular weight excluding hydrogens is 236 g/mol. The summed E-state index contributed by atoms with van der Waals surface area (Å²) >= 11 is 0. The van der Waals surface area contributed by atoms with Crippen LogP contribution in [0.3, 0.4) is 0 Å². The van der Waals surface area contributed by atoms with Gasteiger partial charge in [-0.1, -0.05) is 31.2 Å². The molecule has 0 aromatic heterocycles. The SMILES string of the molecule is CC(C)OCCN(C)Cc1ccc(C(C)CN)cc1. The van der Waals surface area contributed by atoms with E-state index in [1.807, 2.05) is 0 Å². The lowest BCUT2D eigenvalue weighted by Gasteiger charge is -2.18. The second-order valence-electron chi connectivity index (χ2n) is 5.54. The van der Waals surface area contributed by atoms with Crippen molar-refractivity contribution in [1.29, 1.82) is 0 Å². The van der Waals surface area contributed by atoms with Crippen LogP contribution in [0.25, 0.3) is 0 Å². The molecule has 2 N–H and O–H groups in total. The van der Waals surface area contributed by atoms with Crippen LogP contribution in [0, 0.1) is 0 Å². The maximum Gasteiger partial charge on any atom is 0.0596 e. The molecule has 0 saturated heterocycles. The minimum Gasteiger partial charge on any atom is -0.377 e. The molecule has 1 aromatic carbocycles. The Kier molecular flexibility index (Phi) is 7.06. The van der Waals surface area contributed by atoms with Gasteiger partial charge in [-0.15, -0.1) is 0 Å². The van der Waals surface area contributed by atoms with Gasteiger partial charge in [-0.2, -0.15) is 0 Å². The molecule has 1 atom stereocenters. The first-order valence-corrected chi connectivity index (χ1v) is 7.12. The average molecular weight is 264 g/mol. The van der Waals surface area contributed by atoms with Gasteiger partial charge in [0.05, 0.1) is 12.7 Å². The molecule has 0 fully saturated rings. The molecule has 0 heterocycles. The molecule has 1 rings (SSSR count). The quantitative estimate of drug-likeness (QED) is 0.784. The van der Waals surface area contributed by atoms with Crippen LogP contribution in [0.1, 0.15) is 37.8 Å². The number of hydrogen-bond acceptors (Lipinski definition) is 3. The number of nitrogens with zero attached hydrogens (tertiary/aromatic N) is 1. The fraction of sp³-hybridized carbons (Fsp3) is 0.625. The van der Waals surface area contributed by atoms with Crippen molar-refractivity contribution in [3.63, 3.8) is 0 Å². The van der Waals surface area contributed by atoms with Crippen LogP contribution in [0.5, 0.6) is 0 Å². The van der Waals surface area contributed by atoms with Crippen LogP contribution in [0.15, 0.2) is 24.3 Å². The highest BCUT2D eigenvalue weighted by Crippen LogP contribution is 2.15. The highest BCUT2D eigenvalue weighted by Gasteiger charge is 2.04. The lowest BCUT2D eigenvalue weighted by Crippen LogP contribution is -2.24. The van der Waals surface area contributed by atoms with Gasteiger partial charge in [0.2, 0.25) is 0 Å². The zero-order chi connectivity index (χ0) is 14.3. The molecule has 3 heteroatoms. The van der Waals surface area contributed by atoms with E-state index in [4.69, 9.17) is 10.5 Å². The number of nitrogens with two attached hydrogens (primary N) is 1. The summed E-state index contributed by atoms with van der Waals surface area (Å²) < 4.78 is 5.56. The Bertz CT molecular complexity index is 348. The van der Waals surface area contributed by atoms with Crippen LogP contribution < -0.4 is 5.73 Å². The molecule has 19 heavy (non-hydrogen) atoms. The van der Waals surface area contributed by atoms with Gasteiger partial charge in [-0.05, 0) is 44.5 Å². The van der Waals surface area contributed by atoms with Gasteiger partial charge in [0.15, 0.2) is 0 Å². The molecule has 108 valence electrons. The van der Waals surface area contributed by atoms with Crippen LogP contribution in [0.4, 0.5) is 0 Å². The Morgan fingerprint density at radius 3 is 2.32 bits per heavy atom. The Morgan fingerprint density at radius 2 is 1.79 bits per heavy atom. The molecule has 1 aromatic rings. The third-order valence-electron chi connectivity index (χ3n) is 3.28. The molecule has 1 unspecified atom stereocenters. The second kappa shape index (κ2) is 8.31. The number of benzene rings is 1. The van der Waals surface area contributed by atoms with Gasteiger partial charge >= 0.3 is 0 Å². The van der Waals surface area contributed by atoms with E-state index in [-0.39, 0.29) is 0 Å². The maximum atomic E-state index is 5.68. The molecule has 0 saturated carbocycles. The predicted molar refractivity (Wildman–Crippen MR) is 81.3 cm³/mol. The Balaban J connectivity index is 2.40. The largest absolute Gasteiger partial charge is 0.377 e. The van der Waals surface area contributed by atoms with Gasteiger partial charge in [0.1, 0.15) is 0 Å². The van der Waals surface area contributed by atoms with E-state index in [1.54, 1.807) is 0 Å². The summed E-state index contributed by atoms with van der Waals surface area (Å²) in [6, 6.07) is 8.76. The summed E-state index contributed by atoms with van der Waals surface area (Å²) in [4.78, 5) is 2.28. The van der Waals surface area contributed by atoms with Crippen molar-refractivity contribution in [2.45, 2.75) is 39.3 Å². The summed E-state index contributed by atoms with van der Waals surface area (Å²) in [5, 5.41) is 0. The van der Waals surface area contributed by atoms with E-state index >= 15 is 0 Å². The van der Waals surface area contributed by atoms with Gasteiger partial charge in [0, 0.05) is 13.1 Å². The lowest BCUT2D eigenvalue weighted by atomic mass is 10.00. The molecule has 0 radical (unpaired) electrons. The van der Waals surface area contributed by atoms with E-state index < -0.39 is 0 Å². The normalized spacial score (nSPS) is 13.2. The van der Waals surface area contributed by atoms with Crippen molar-refractivity contribution in [3.05, 3.63) is 35.4 Å². The number of likely N-dealkylation sites (N-methyl/N-ethyl adjacent to an activating group) is 1. The van der Waals surface area contributed by atoms with Crippen molar-refractivity contribution in [3.8, 4) is 0 Å². The Morgan fingerprint density at radius 1 is 1.16 bits per heavy atom. The fourth-order valence-electron chi connectivity index (χ4n) is 1.92. The molecule has 0 aliphatic rings. The maximum absolute atomic E-state index is 5.68. The van der Waals surface area contributed by atoms with Gasteiger partial charge in [-0.3, -0.25) is 4.90 Å². The summed E-state index contributed by atoms with van der Waals surface area (Å²) in [6.07, 6.45) is 0.311. The lowest BCUT2D eigenvalue weighted by molar-refractivity contribution is 0.0627. The van der Waals surface area contributed by atoms with E-state index in [2.05, 4.69) is 57.0 Å². The number of rotatable bonds is 8. The van der Waals surface area contributed by atoms with Gasteiger partial charge < -0.3 is 10.5 Å². The topological polar surface area (TPSA) is 38.5 Å². The van der Waals surface area contributed by atoms with Gasteiger partial charge in [0.25, 0.3) is 0 Å². The van der Waals surface area contributed by atoms with Crippen molar-refractivity contribution in [2.75, 3.05) is 26.7 Å². The molecule has 0 amide bonds. The molecule has 0 aliphatic heterocycles. The van der Waals surface area contributed by atoms with E-state index in [1.165, 1.54) is 11.1 Å². The Labute approximate surface area is 117 Å². The summed E-state index contributed by atoms with van der Waals surface area (Å²) in [6.45, 7) is 9.69. The van der Waals surface area contributed by atoms with E-state index in [0.717, 1.165) is 19.7 Å². The molecule has 3 nitrogen and oxygen atoms in total. The van der Waals surface area contributed by atoms with E-state index in [9.17, 15) is 0 Å². The van der Waals surface area contributed by atoms with Gasteiger partial charge in [-0.25, -0.2) is 0 Å². The average Bonchev–Trinajstić information content (AvgIpc) is 2.38. The van der Waals surface area contributed by atoms with Crippen molar-refractivity contribution in [2.24, 2.45) is 5.73 Å². The minimum absolute atomic E-state index is 0.311. The number of ether oxygens (including phenoxy) is 1. The highest BCUT2D eigenvalue weighted by atomic mass is 16.5. The van der Waals surface area contributed by atoms with Crippen LogP contribution >= 0.6 is 0 Å². The molecule has 0 aliphatic carbocycles. The first kappa shape index (κ1) is 16.2. The summed E-state index contributed by atoms with van der Waals surface area (Å²) in [7, 11) is 2.13. The monoisotopic (exact) mass is 264 g/mol.